The third kappa shape index (κ3) is 3.57. The van der Waals surface area contributed by atoms with E-state index in [9.17, 15) is 0 Å². The molecule has 0 bridgehead atoms. The van der Waals surface area contributed by atoms with Crippen molar-refractivity contribution in [2.75, 3.05) is 17.2 Å². The zero-order valence-electron chi connectivity index (χ0n) is 12.7. The molecule has 2 N–H and O–H groups in total. The maximum atomic E-state index is 5.60. The van der Waals surface area contributed by atoms with Gasteiger partial charge < -0.3 is 15.4 Å². The lowest BCUT2D eigenvalue weighted by Gasteiger charge is -2.15. The Morgan fingerprint density at radius 2 is 1.83 bits per heavy atom. The third-order valence-electron chi connectivity index (χ3n) is 3.36. The molecule has 23 heavy (non-hydrogen) atoms. The van der Waals surface area contributed by atoms with Gasteiger partial charge in [0.2, 0.25) is 0 Å². The molecule has 0 saturated carbocycles. The highest BCUT2D eigenvalue weighted by Gasteiger charge is 2.06. The molecule has 2 aromatic carbocycles. The predicted molar refractivity (Wildman–Crippen MR) is 99.2 cm³/mol. The summed E-state index contributed by atoms with van der Waals surface area (Å²) in [5.41, 5.74) is 1.78. The molecule has 0 fully saturated rings. The number of para-hydroxylation sites is 2. The number of nitrogens with zero attached hydrogens (tertiary/aromatic N) is 1. The summed E-state index contributed by atoms with van der Waals surface area (Å²) in [6.07, 6.45) is 3.61. The predicted octanol–water partition coefficient (Wildman–Crippen LogP) is 4.44. The number of anilines is 2. The number of thiocarbonyl (C=S) groups is 1. The molecule has 0 spiro atoms. The van der Waals surface area contributed by atoms with Crippen molar-refractivity contribution >= 4 is 39.5 Å². The minimum absolute atomic E-state index is 0.515. The highest BCUT2D eigenvalue weighted by Crippen LogP contribution is 2.25. The number of benzene rings is 2. The number of ether oxygens (including phenoxy) is 1. The Labute approximate surface area is 140 Å². The first-order valence-electron chi connectivity index (χ1n) is 7.40. The first-order valence-corrected chi connectivity index (χ1v) is 7.81. The third-order valence-corrected chi connectivity index (χ3v) is 3.57. The molecule has 0 aliphatic rings. The molecule has 3 aromatic rings. The second kappa shape index (κ2) is 7.07. The van der Waals surface area contributed by atoms with E-state index in [1.54, 1.807) is 6.20 Å². The normalized spacial score (nSPS) is 10.3. The minimum atomic E-state index is 0.515. The Morgan fingerprint density at radius 1 is 1.04 bits per heavy atom. The van der Waals surface area contributed by atoms with Crippen LogP contribution in [0.2, 0.25) is 0 Å². The second-order valence-corrected chi connectivity index (χ2v) is 5.32. The van der Waals surface area contributed by atoms with E-state index in [1.165, 1.54) is 0 Å². The van der Waals surface area contributed by atoms with Gasteiger partial charge in [0.25, 0.3) is 0 Å². The fourth-order valence-electron chi connectivity index (χ4n) is 2.36. The van der Waals surface area contributed by atoms with Crippen LogP contribution in [0.5, 0.6) is 5.75 Å². The Kier molecular flexibility index (Phi) is 4.68. The van der Waals surface area contributed by atoms with Gasteiger partial charge in [0, 0.05) is 28.9 Å². The smallest absolute Gasteiger partial charge is 0.175 e. The molecular formula is C18H17N3OS. The Morgan fingerprint density at radius 3 is 2.70 bits per heavy atom. The summed E-state index contributed by atoms with van der Waals surface area (Å²) in [4.78, 5) is 4.14. The van der Waals surface area contributed by atoms with E-state index in [-0.39, 0.29) is 0 Å². The van der Waals surface area contributed by atoms with Crippen LogP contribution in [0.1, 0.15) is 6.92 Å². The van der Waals surface area contributed by atoms with E-state index in [2.05, 4.69) is 15.6 Å². The van der Waals surface area contributed by atoms with Crippen LogP contribution in [-0.2, 0) is 0 Å². The highest BCUT2D eigenvalue weighted by atomic mass is 32.1. The van der Waals surface area contributed by atoms with E-state index >= 15 is 0 Å². The average molecular weight is 323 g/mol. The highest BCUT2D eigenvalue weighted by molar-refractivity contribution is 7.80. The van der Waals surface area contributed by atoms with Gasteiger partial charge in [-0.3, -0.25) is 4.98 Å². The van der Waals surface area contributed by atoms with Crippen molar-refractivity contribution in [3.63, 3.8) is 0 Å². The average Bonchev–Trinajstić information content (AvgIpc) is 2.57. The van der Waals surface area contributed by atoms with Gasteiger partial charge in [-0.15, -0.1) is 0 Å². The number of fused-ring (bicyclic) bond motifs is 1. The van der Waals surface area contributed by atoms with Gasteiger partial charge in [-0.1, -0.05) is 24.3 Å². The molecule has 0 aliphatic carbocycles. The van der Waals surface area contributed by atoms with Crippen molar-refractivity contribution < 1.29 is 4.74 Å². The largest absolute Gasteiger partial charge is 0.492 e. The van der Waals surface area contributed by atoms with Crippen LogP contribution in [0.15, 0.2) is 60.9 Å². The summed E-state index contributed by atoms with van der Waals surface area (Å²) < 4.78 is 5.60. The summed E-state index contributed by atoms with van der Waals surface area (Å²) in [5, 5.41) is 9.08. The molecule has 0 unspecified atom stereocenters. The molecule has 0 atom stereocenters. The minimum Gasteiger partial charge on any atom is -0.492 e. The van der Waals surface area contributed by atoms with Crippen molar-refractivity contribution in [1.29, 1.82) is 0 Å². The van der Waals surface area contributed by atoms with Crippen molar-refractivity contribution in [1.82, 2.24) is 4.98 Å². The maximum Gasteiger partial charge on any atom is 0.175 e. The van der Waals surface area contributed by atoms with Gasteiger partial charge in [0.05, 0.1) is 12.3 Å². The molecule has 1 heterocycles. The first kappa shape index (κ1) is 15.2. The van der Waals surface area contributed by atoms with Crippen molar-refractivity contribution in [2.45, 2.75) is 6.92 Å². The van der Waals surface area contributed by atoms with Crippen molar-refractivity contribution in [2.24, 2.45) is 0 Å². The lowest BCUT2D eigenvalue weighted by molar-refractivity contribution is 0.342. The number of aromatic nitrogens is 1. The standard InChI is InChI=1S/C18H17N3OS/c1-2-22-17-9-4-3-7-16(17)21-18(23)20-15-8-5-6-13-12-19-11-10-14(13)15/h3-12H,2H2,1H3,(H2,20,21,23). The summed E-state index contributed by atoms with van der Waals surface area (Å²) in [5.74, 6) is 0.779. The van der Waals surface area contributed by atoms with Crippen LogP contribution < -0.4 is 15.4 Å². The molecule has 1 aromatic heterocycles. The van der Waals surface area contributed by atoms with E-state index in [1.807, 2.05) is 61.7 Å². The van der Waals surface area contributed by atoms with Crippen LogP contribution in [0.25, 0.3) is 10.8 Å². The zero-order valence-corrected chi connectivity index (χ0v) is 13.6. The Bertz CT molecular complexity index is 830. The van der Waals surface area contributed by atoms with E-state index in [4.69, 9.17) is 17.0 Å². The lowest BCUT2D eigenvalue weighted by atomic mass is 10.1. The number of hydrogen-bond donors (Lipinski definition) is 2. The lowest BCUT2D eigenvalue weighted by Crippen LogP contribution is -2.19. The Hall–Kier alpha value is -2.66. The van der Waals surface area contributed by atoms with Crippen LogP contribution >= 0.6 is 12.2 Å². The van der Waals surface area contributed by atoms with Crippen LogP contribution in [0, 0.1) is 0 Å². The van der Waals surface area contributed by atoms with Crippen molar-refractivity contribution in [3.05, 3.63) is 60.9 Å². The van der Waals surface area contributed by atoms with E-state index < -0.39 is 0 Å². The summed E-state index contributed by atoms with van der Waals surface area (Å²) in [6.45, 7) is 2.56. The number of hydrogen-bond acceptors (Lipinski definition) is 3. The number of nitrogens with one attached hydrogen (secondary N) is 2. The van der Waals surface area contributed by atoms with Gasteiger partial charge in [0.15, 0.2) is 5.11 Å². The number of rotatable bonds is 4. The molecule has 4 nitrogen and oxygen atoms in total. The van der Waals surface area contributed by atoms with E-state index in [0.29, 0.717) is 11.7 Å². The molecular weight excluding hydrogens is 306 g/mol. The van der Waals surface area contributed by atoms with Gasteiger partial charge >= 0.3 is 0 Å². The van der Waals surface area contributed by atoms with Crippen molar-refractivity contribution in [3.8, 4) is 5.75 Å². The molecule has 5 heteroatoms. The van der Waals surface area contributed by atoms with Gasteiger partial charge in [-0.05, 0) is 43.4 Å². The summed E-state index contributed by atoms with van der Waals surface area (Å²) >= 11 is 5.43. The van der Waals surface area contributed by atoms with E-state index in [0.717, 1.165) is 27.9 Å². The number of pyridine rings is 1. The van der Waals surface area contributed by atoms with Crippen LogP contribution in [0.3, 0.4) is 0 Å². The van der Waals surface area contributed by atoms with Gasteiger partial charge in [-0.2, -0.15) is 0 Å². The summed E-state index contributed by atoms with van der Waals surface area (Å²) in [7, 11) is 0. The fourth-order valence-corrected chi connectivity index (χ4v) is 2.58. The molecule has 116 valence electrons. The quantitative estimate of drug-likeness (QED) is 0.695. The van der Waals surface area contributed by atoms with Gasteiger partial charge in [0.1, 0.15) is 5.75 Å². The second-order valence-electron chi connectivity index (χ2n) is 4.91. The topological polar surface area (TPSA) is 46.2 Å². The van der Waals surface area contributed by atoms with Crippen LogP contribution in [-0.4, -0.2) is 16.7 Å². The SMILES string of the molecule is CCOc1ccccc1NC(=S)Nc1cccc2cnccc12. The van der Waals surface area contributed by atoms with Gasteiger partial charge in [-0.25, -0.2) is 0 Å². The molecule has 0 radical (unpaired) electrons. The molecule has 0 saturated heterocycles. The first-order chi connectivity index (χ1) is 11.3. The molecule has 3 rings (SSSR count). The zero-order chi connectivity index (χ0) is 16.1. The Balaban J connectivity index is 1.79. The summed E-state index contributed by atoms with van der Waals surface area (Å²) in [6, 6.07) is 15.7. The van der Waals surface area contributed by atoms with Crippen LogP contribution in [0.4, 0.5) is 11.4 Å². The maximum absolute atomic E-state index is 5.60. The monoisotopic (exact) mass is 323 g/mol. The molecule has 0 amide bonds. The fraction of sp³-hybridized carbons (Fsp3) is 0.111. The molecule has 0 aliphatic heterocycles.